The second kappa shape index (κ2) is 4.04. The molecule has 1 rings (SSSR count). The zero-order valence-corrected chi connectivity index (χ0v) is 9.85. The molecule has 1 aliphatic carbocycles. The summed E-state index contributed by atoms with van der Waals surface area (Å²) in [5.41, 5.74) is 10.9. The van der Waals surface area contributed by atoms with Gasteiger partial charge in [0.1, 0.15) is 0 Å². The second-order valence-corrected chi connectivity index (χ2v) is 4.67. The first-order chi connectivity index (χ1) is 6.84. The number of nitrogens with two attached hydrogens (primary N) is 1. The lowest BCUT2D eigenvalue weighted by Gasteiger charge is -2.33. The molecule has 0 unspecified atom stereocenters. The fraction of sp³-hybridized carbons (Fsp3) is 0.636. The van der Waals surface area contributed by atoms with E-state index in [9.17, 15) is 4.79 Å². The molecule has 15 heavy (non-hydrogen) atoms. The molecule has 0 heterocycles. The highest BCUT2D eigenvalue weighted by Crippen LogP contribution is 2.38. The average molecular weight is 209 g/mol. The first kappa shape index (κ1) is 11.8. The van der Waals surface area contributed by atoms with E-state index < -0.39 is 6.03 Å². The summed E-state index contributed by atoms with van der Waals surface area (Å²) in [6.07, 6.45) is 1.94. The normalized spacial score (nSPS) is 23.1. The molecule has 1 aliphatic rings. The van der Waals surface area contributed by atoms with Gasteiger partial charge in [0.25, 0.3) is 0 Å². The van der Waals surface area contributed by atoms with Gasteiger partial charge < -0.3 is 5.73 Å². The van der Waals surface area contributed by atoms with Crippen molar-refractivity contribution in [3.05, 3.63) is 11.1 Å². The SMILES string of the molecule is CC1=C(C)C(C)(C)CC/C1=N/NC(N)=O. The second-order valence-electron chi connectivity index (χ2n) is 4.67. The Morgan fingerprint density at radius 3 is 2.60 bits per heavy atom. The van der Waals surface area contributed by atoms with Crippen molar-refractivity contribution in [1.82, 2.24) is 5.43 Å². The summed E-state index contributed by atoms with van der Waals surface area (Å²) in [6, 6.07) is -0.613. The van der Waals surface area contributed by atoms with Crippen molar-refractivity contribution in [2.24, 2.45) is 16.3 Å². The van der Waals surface area contributed by atoms with Crippen molar-refractivity contribution < 1.29 is 4.79 Å². The molecule has 0 atom stereocenters. The van der Waals surface area contributed by atoms with Crippen LogP contribution in [-0.2, 0) is 0 Å². The molecule has 0 bridgehead atoms. The summed E-state index contributed by atoms with van der Waals surface area (Å²) in [5.74, 6) is 0. The molecule has 4 heteroatoms. The lowest BCUT2D eigenvalue weighted by atomic mass is 9.73. The van der Waals surface area contributed by atoms with Crippen LogP contribution in [0.25, 0.3) is 0 Å². The minimum absolute atomic E-state index is 0.232. The average Bonchev–Trinajstić information content (AvgIpc) is 2.13. The third-order valence-corrected chi connectivity index (χ3v) is 3.30. The molecule has 2 amide bonds. The molecule has 0 aromatic carbocycles. The van der Waals surface area contributed by atoms with Crippen LogP contribution in [0.1, 0.15) is 40.5 Å². The largest absolute Gasteiger partial charge is 0.350 e. The minimum atomic E-state index is -0.613. The molecule has 0 aliphatic heterocycles. The van der Waals surface area contributed by atoms with Crippen LogP contribution in [0.2, 0.25) is 0 Å². The molecule has 3 N–H and O–H groups in total. The number of allylic oxidation sites excluding steroid dienone is 2. The number of nitrogens with one attached hydrogen (secondary N) is 1. The van der Waals surface area contributed by atoms with Gasteiger partial charge in [0.2, 0.25) is 0 Å². The monoisotopic (exact) mass is 209 g/mol. The Morgan fingerprint density at radius 2 is 2.07 bits per heavy atom. The van der Waals surface area contributed by atoms with E-state index in [-0.39, 0.29) is 5.41 Å². The summed E-state index contributed by atoms with van der Waals surface area (Å²) < 4.78 is 0. The number of primary amides is 1. The number of carbonyl (C=O) groups excluding carboxylic acids is 1. The van der Waals surface area contributed by atoms with Crippen LogP contribution in [0.5, 0.6) is 0 Å². The Morgan fingerprint density at radius 1 is 1.47 bits per heavy atom. The smallest absolute Gasteiger partial charge is 0.332 e. The Labute approximate surface area is 90.6 Å². The van der Waals surface area contributed by atoms with Crippen molar-refractivity contribution in [3.8, 4) is 0 Å². The summed E-state index contributed by atoms with van der Waals surface area (Å²) in [6.45, 7) is 8.61. The van der Waals surface area contributed by atoms with E-state index in [0.29, 0.717) is 0 Å². The van der Waals surface area contributed by atoms with Gasteiger partial charge in [0.15, 0.2) is 0 Å². The summed E-state index contributed by atoms with van der Waals surface area (Å²) in [4.78, 5) is 10.5. The Bertz CT molecular complexity index is 340. The molecular formula is C11H19N3O. The van der Waals surface area contributed by atoms with Gasteiger partial charge in [-0.1, -0.05) is 19.4 Å². The van der Waals surface area contributed by atoms with E-state index in [0.717, 1.165) is 18.6 Å². The first-order valence-corrected chi connectivity index (χ1v) is 5.15. The van der Waals surface area contributed by atoms with Crippen molar-refractivity contribution in [3.63, 3.8) is 0 Å². The van der Waals surface area contributed by atoms with E-state index in [4.69, 9.17) is 5.73 Å². The number of rotatable bonds is 1. The maximum absolute atomic E-state index is 10.5. The fourth-order valence-corrected chi connectivity index (χ4v) is 1.79. The number of hydrogen-bond donors (Lipinski definition) is 2. The van der Waals surface area contributed by atoms with Crippen molar-refractivity contribution in [2.45, 2.75) is 40.5 Å². The molecular weight excluding hydrogens is 190 g/mol. The minimum Gasteiger partial charge on any atom is -0.350 e. The molecule has 4 nitrogen and oxygen atoms in total. The van der Waals surface area contributed by atoms with Crippen LogP contribution in [0.4, 0.5) is 4.79 Å². The van der Waals surface area contributed by atoms with E-state index in [2.05, 4.69) is 31.3 Å². The predicted octanol–water partition coefficient (Wildman–Crippen LogP) is 2.17. The summed E-state index contributed by atoms with van der Waals surface area (Å²) in [5, 5.41) is 4.01. The molecule has 0 fully saturated rings. The van der Waals surface area contributed by atoms with Gasteiger partial charge in [0.05, 0.1) is 5.71 Å². The van der Waals surface area contributed by atoms with Crippen LogP contribution in [-0.4, -0.2) is 11.7 Å². The third-order valence-electron chi connectivity index (χ3n) is 3.30. The quantitative estimate of drug-likeness (QED) is 0.638. The standard InChI is InChI=1S/C11H19N3O/c1-7-8(2)11(3,4)6-5-9(7)13-14-10(12)15/h5-6H2,1-4H3,(H3,12,14,15)/b13-9-. The molecule has 0 aromatic rings. The van der Waals surface area contributed by atoms with E-state index in [1.165, 1.54) is 11.1 Å². The van der Waals surface area contributed by atoms with Gasteiger partial charge >= 0.3 is 6.03 Å². The van der Waals surface area contributed by atoms with Crippen LogP contribution in [0.3, 0.4) is 0 Å². The van der Waals surface area contributed by atoms with Crippen LogP contribution in [0.15, 0.2) is 16.2 Å². The number of amides is 2. The van der Waals surface area contributed by atoms with Crippen LogP contribution in [0, 0.1) is 5.41 Å². The lowest BCUT2D eigenvalue weighted by Crippen LogP contribution is -2.29. The number of hydrogen-bond acceptors (Lipinski definition) is 2. The maximum atomic E-state index is 10.5. The molecule has 0 aromatic heterocycles. The van der Waals surface area contributed by atoms with Gasteiger partial charge in [-0.2, -0.15) is 5.10 Å². The molecule has 0 spiro atoms. The molecule has 0 saturated heterocycles. The van der Waals surface area contributed by atoms with E-state index in [1.807, 2.05) is 6.92 Å². The topological polar surface area (TPSA) is 67.5 Å². The first-order valence-electron chi connectivity index (χ1n) is 5.15. The molecule has 84 valence electrons. The van der Waals surface area contributed by atoms with Gasteiger partial charge in [-0.15, -0.1) is 0 Å². The van der Waals surface area contributed by atoms with Crippen molar-refractivity contribution in [1.29, 1.82) is 0 Å². The number of carbonyl (C=O) groups is 1. The van der Waals surface area contributed by atoms with Crippen LogP contribution >= 0.6 is 0 Å². The van der Waals surface area contributed by atoms with Gasteiger partial charge in [0, 0.05) is 0 Å². The zero-order valence-electron chi connectivity index (χ0n) is 9.85. The maximum Gasteiger partial charge on any atom is 0.332 e. The number of urea groups is 1. The number of hydrazone groups is 1. The van der Waals surface area contributed by atoms with Gasteiger partial charge in [-0.25, -0.2) is 10.2 Å². The highest BCUT2D eigenvalue weighted by atomic mass is 16.2. The fourth-order valence-electron chi connectivity index (χ4n) is 1.79. The summed E-state index contributed by atoms with van der Waals surface area (Å²) >= 11 is 0. The van der Waals surface area contributed by atoms with Gasteiger partial charge in [-0.05, 0) is 37.7 Å². The number of nitrogens with zero attached hydrogens (tertiary/aromatic N) is 1. The van der Waals surface area contributed by atoms with E-state index >= 15 is 0 Å². The lowest BCUT2D eigenvalue weighted by molar-refractivity contribution is 0.249. The van der Waals surface area contributed by atoms with Crippen molar-refractivity contribution in [2.75, 3.05) is 0 Å². The third kappa shape index (κ3) is 2.58. The highest BCUT2D eigenvalue weighted by molar-refractivity contribution is 6.01. The predicted molar refractivity (Wildman–Crippen MR) is 61.5 cm³/mol. The van der Waals surface area contributed by atoms with Gasteiger partial charge in [-0.3, -0.25) is 0 Å². The Kier molecular flexibility index (Phi) is 3.17. The molecule has 0 radical (unpaired) electrons. The van der Waals surface area contributed by atoms with Crippen LogP contribution < -0.4 is 11.2 Å². The highest BCUT2D eigenvalue weighted by Gasteiger charge is 2.28. The van der Waals surface area contributed by atoms with E-state index in [1.54, 1.807) is 0 Å². The summed E-state index contributed by atoms with van der Waals surface area (Å²) in [7, 11) is 0. The Hall–Kier alpha value is -1.32. The molecule has 0 saturated carbocycles. The Balaban J connectivity index is 2.94. The van der Waals surface area contributed by atoms with Crippen molar-refractivity contribution >= 4 is 11.7 Å². The zero-order chi connectivity index (χ0) is 11.6.